The molecule has 0 aromatic heterocycles. The molecule has 1 aromatic rings. The van der Waals surface area contributed by atoms with E-state index >= 15 is 0 Å². The van der Waals surface area contributed by atoms with Gasteiger partial charge in [0.25, 0.3) is 0 Å². The minimum Gasteiger partial charge on any atom is -0.486 e. The van der Waals surface area contributed by atoms with E-state index in [4.69, 9.17) is 9.47 Å². The molecule has 1 N–H and O–H groups in total. The molecule has 0 atom stereocenters. The van der Waals surface area contributed by atoms with Gasteiger partial charge in [0.2, 0.25) is 0 Å². The quantitative estimate of drug-likeness (QED) is 0.702. The van der Waals surface area contributed by atoms with Crippen LogP contribution in [0.5, 0.6) is 5.75 Å². The number of ether oxygens (including phenoxy) is 2. The Morgan fingerprint density at radius 2 is 1.79 bits per heavy atom. The lowest BCUT2D eigenvalue weighted by atomic mass is 10.3. The van der Waals surface area contributed by atoms with Gasteiger partial charge in [-0.25, -0.2) is 8.78 Å². The summed E-state index contributed by atoms with van der Waals surface area (Å²) in [6.45, 7) is 6.23. The van der Waals surface area contributed by atoms with Gasteiger partial charge in [-0.15, -0.1) is 0 Å². The predicted molar refractivity (Wildman–Crippen MR) is 70.4 cm³/mol. The molecular weight excluding hydrogens is 252 g/mol. The van der Waals surface area contributed by atoms with Gasteiger partial charge in [-0.1, -0.05) is 6.07 Å². The summed E-state index contributed by atoms with van der Waals surface area (Å²) in [4.78, 5) is 0. The average molecular weight is 273 g/mol. The Bertz CT molecular complexity index is 352. The van der Waals surface area contributed by atoms with E-state index in [9.17, 15) is 8.78 Å². The maximum atomic E-state index is 13.2. The molecule has 0 fully saturated rings. The van der Waals surface area contributed by atoms with Crippen molar-refractivity contribution in [2.75, 3.05) is 26.3 Å². The van der Waals surface area contributed by atoms with Crippen LogP contribution in [0.2, 0.25) is 0 Å². The number of halogens is 2. The second-order valence-electron chi connectivity index (χ2n) is 4.42. The van der Waals surface area contributed by atoms with Crippen LogP contribution in [0, 0.1) is 11.6 Å². The molecule has 5 heteroatoms. The Labute approximate surface area is 112 Å². The highest BCUT2D eigenvalue weighted by Crippen LogP contribution is 2.20. The van der Waals surface area contributed by atoms with E-state index in [-0.39, 0.29) is 18.5 Å². The molecule has 0 saturated carbocycles. The summed E-state index contributed by atoms with van der Waals surface area (Å²) < 4.78 is 36.8. The largest absolute Gasteiger partial charge is 0.486 e. The van der Waals surface area contributed by atoms with E-state index in [1.54, 1.807) is 0 Å². The summed E-state index contributed by atoms with van der Waals surface area (Å²) >= 11 is 0. The van der Waals surface area contributed by atoms with Crippen molar-refractivity contribution in [3.8, 4) is 5.75 Å². The third-order valence-electron chi connectivity index (χ3n) is 2.39. The van der Waals surface area contributed by atoms with Crippen molar-refractivity contribution in [1.82, 2.24) is 5.32 Å². The fourth-order valence-corrected chi connectivity index (χ4v) is 1.49. The van der Waals surface area contributed by atoms with Crippen LogP contribution in [0.3, 0.4) is 0 Å². The Morgan fingerprint density at radius 3 is 2.42 bits per heavy atom. The molecule has 19 heavy (non-hydrogen) atoms. The number of nitrogens with one attached hydrogen (secondary N) is 1. The zero-order valence-corrected chi connectivity index (χ0v) is 11.4. The van der Waals surface area contributed by atoms with Crippen molar-refractivity contribution in [1.29, 1.82) is 0 Å². The summed E-state index contributed by atoms with van der Waals surface area (Å²) in [5.41, 5.74) is 0. The first-order valence-electron chi connectivity index (χ1n) is 6.50. The van der Waals surface area contributed by atoms with Crippen molar-refractivity contribution in [2.24, 2.45) is 0 Å². The van der Waals surface area contributed by atoms with E-state index in [1.807, 2.05) is 13.8 Å². The first-order chi connectivity index (χ1) is 9.11. The molecule has 0 amide bonds. The van der Waals surface area contributed by atoms with Gasteiger partial charge in [-0.05, 0) is 38.9 Å². The fourth-order valence-electron chi connectivity index (χ4n) is 1.49. The van der Waals surface area contributed by atoms with Crippen molar-refractivity contribution >= 4 is 0 Å². The Kier molecular flexibility index (Phi) is 7.36. The number of para-hydroxylation sites is 1. The molecule has 0 aliphatic heterocycles. The van der Waals surface area contributed by atoms with Crippen LogP contribution in [-0.2, 0) is 4.74 Å². The number of hydrogen-bond donors (Lipinski definition) is 1. The van der Waals surface area contributed by atoms with Crippen LogP contribution >= 0.6 is 0 Å². The highest BCUT2D eigenvalue weighted by atomic mass is 19.1. The SMILES string of the molecule is CC(C)OCCCNCCOc1c(F)cccc1F. The first kappa shape index (κ1) is 15.9. The molecule has 108 valence electrons. The maximum absolute atomic E-state index is 13.2. The van der Waals surface area contributed by atoms with Crippen LogP contribution in [-0.4, -0.2) is 32.4 Å². The molecule has 0 unspecified atom stereocenters. The van der Waals surface area contributed by atoms with Gasteiger partial charge in [0.1, 0.15) is 6.61 Å². The van der Waals surface area contributed by atoms with Gasteiger partial charge in [0, 0.05) is 13.2 Å². The summed E-state index contributed by atoms with van der Waals surface area (Å²) in [5, 5.41) is 3.12. The van der Waals surface area contributed by atoms with E-state index in [0.717, 1.165) is 13.0 Å². The zero-order chi connectivity index (χ0) is 14.1. The highest BCUT2D eigenvalue weighted by Gasteiger charge is 2.08. The second-order valence-corrected chi connectivity index (χ2v) is 4.42. The molecule has 3 nitrogen and oxygen atoms in total. The third-order valence-corrected chi connectivity index (χ3v) is 2.39. The van der Waals surface area contributed by atoms with Gasteiger partial charge in [0.05, 0.1) is 6.10 Å². The predicted octanol–water partition coefficient (Wildman–Crippen LogP) is 2.75. The van der Waals surface area contributed by atoms with Crippen LogP contribution in [0.4, 0.5) is 8.78 Å². The Hall–Kier alpha value is -1.20. The number of benzene rings is 1. The fraction of sp³-hybridized carbons (Fsp3) is 0.571. The highest BCUT2D eigenvalue weighted by molar-refractivity contribution is 5.25. The smallest absolute Gasteiger partial charge is 0.190 e. The van der Waals surface area contributed by atoms with E-state index in [0.29, 0.717) is 13.2 Å². The zero-order valence-electron chi connectivity index (χ0n) is 11.4. The van der Waals surface area contributed by atoms with Gasteiger partial charge < -0.3 is 14.8 Å². The monoisotopic (exact) mass is 273 g/mol. The summed E-state index contributed by atoms with van der Waals surface area (Å²) in [7, 11) is 0. The second kappa shape index (κ2) is 8.82. The Morgan fingerprint density at radius 1 is 1.11 bits per heavy atom. The van der Waals surface area contributed by atoms with Gasteiger partial charge in [0.15, 0.2) is 17.4 Å². The Balaban J connectivity index is 2.08. The molecule has 0 aliphatic rings. The summed E-state index contributed by atoms with van der Waals surface area (Å²) in [6.07, 6.45) is 1.14. The molecule has 0 bridgehead atoms. The first-order valence-corrected chi connectivity index (χ1v) is 6.50. The normalized spacial score (nSPS) is 11.0. The van der Waals surface area contributed by atoms with E-state index in [1.165, 1.54) is 18.2 Å². The number of rotatable bonds is 9. The lowest BCUT2D eigenvalue weighted by molar-refractivity contribution is 0.0769. The van der Waals surface area contributed by atoms with Crippen LogP contribution < -0.4 is 10.1 Å². The minimum atomic E-state index is -0.676. The topological polar surface area (TPSA) is 30.5 Å². The molecule has 0 heterocycles. The molecule has 1 rings (SSSR count). The molecule has 0 saturated heterocycles. The summed E-state index contributed by atoms with van der Waals surface area (Å²) in [6, 6.07) is 3.66. The van der Waals surface area contributed by atoms with Crippen LogP contribution in [0.15, 0.2) is 18.2 Å². The summed E-state index contributed by atoms with van der Waals surface area (Å²) in [5.74, 6) is -1.66. The van der Waals surface area contributed by atoms with E-state index in [2.05, 4.69) is 5.32 Å². The van der Waals surface area contributed by atoms with Crippen molar-refractivity contribution in [3.63, 3.8) is 0 Å². The van der Waals surface area contributed by atoms with Crippen LogP contribution in [0.1, 0.15) is 20.3 Å². The lowest BCUT2D eigenvalue weighted by Crippen LogP contribution is -2.23. The minimum absolute atomic E-state index is 0.225. The van der Waals surface area contributed by atoms with E-state index < -0.39 is 11.6 Å². The molecule has 0 spiro atoms. The lowest BCUT2D eigenvalue weighted by Gasteiger charge is -2.10. The van der Waals surface area contributed by atoms with Gasteiger partial charge in [-0.3, -0.25) is 0 Å². The van der Waals surface area contributed by atoms with Gasteiger partial charge >= 0.3 is 0 Å². The molecular formula is C14H21F2NO2. The van der Waals surface area contributed by atoms with Crippen molar-refractivity contribution in [3.05, 3.63) is 29.8 Å². The van der Waals surface area contributed by atoms with Crippen LogP contribution in [0.25, 0.3) is 0 Å². The third kappa shape index (κ3) is 6.50. The average Bonchev–Trinajstić information content (AvgIpc) is 2.35. The van der Waals surface area contributed by atoms with Crippen molar-refractivity contribution < 1.29 is 18.3 Å². The molecule has 1 aromatic carbocycles. The van der Waals surface area contributed by atoms with Gasteiger partial charge in [-0.2, -0.15) is 0 Å². The molecule has 0 aliphatic carbocycles. The maximum Gasteiger partial charge on any atom is 0.190 e. The standard InChI is InChI=1S/C14H21F2NO2/c1-11(2)18-9-4-7-17-8-10-19-14-12(15)5-3-6-13(14)16/h3,5-6,11,17H,4,7-10H2,1-2H3. The number of hydrogen-bond acceptors (Lipinski definition) is 3. The van der Waals surface area contributed by atoms with Crippen molar-refractivity contribution in [2.45, 2.75) is 26.4 Å². The molecule has 0 radical (unpaired) electrons.